The van der Waals surface area contributed by atoms with Crippen LogP contribution in [-0.2, 0) is 28.9 Å². The molecule has 1 aromatic rings. The zero-order valence-electron chi connectivity index (χ0n) is 10.7. The van der Waals surface area contributed by atoms with Crippen molar-refractivity contribution in [3.63, 3.8) is 0 Å². The number of nitrogens with zero attached hydrogens (tertiary/aromatic N) is 2. The van der Waals surface area contributed by atoms with E-state index in [1.165, 1.54) is 7.11 Å². The Morgan fingerprint density at radius 1 is 1.39 bits per heavy atom. The number of nitrogens with one attached hydrogen (secondary N) is 1. The Bertz CT molecular complexity index is 448. The number of rotatable bonds is 4. The first-order valence-electron chi connectivity index (χ1n) is 5.93. The molecule has 1 aliphatic rings. The van der Waals surface area contributed by atoms with Crippen molar-refractivity contribution in [2.24, 2.45) is 0 Å². The number of fused-ring (bicyclic) bond motifs is 1. The number of aromatic nitrogens is 2. The van der Waals surface area contributed by atoms with Gasteiger partial charge in [-0.15, -0.1) is 0 Å². The van der Waals surface area contributed by atoms with Gasteiger partial charge in [-0.25, -0.2) is 14.8 Å². The van der Waals surface area contributed by atoms with Crippen molar-refractivity contribution < 1.29 is 14.3 Å². The number of carbonyl (C=O) groups excluding carboxylic acids is 1. The van der Waals surface area contributed by atoms with E-state index in [-0.39, 0.29) is 0 Å². The van der Waals surface area contributed by atoms with Crippen LogP contribution in [0.4, 0.5) is 0 Å². The van der Waals surface area contributed by atoms with Gasteiger partial charge in [0.2, 0.25) is 0 Å². The van der Waals surface area contributed by atoms with Gasteiger partial charge >= 0.3 is 5.97 Å². The summed E-state index contributed by atoms with van der Waals surface area (Å²) in [5.74, 6) is 0.230. The number of ether oxygens (including phenoxy) is 2. The van der Waals surface area contributed by atoms with Gasteiger partial charge in [0.15, 0.2) is 5.69 Å². The largest absolute Gasteiger partial charge is 0.464 e. The molecule has 0 unspecified atom stereocenters. The Kier molecular flexibility index (Phi) is 4.22. The Morgan fingerprint density at radius 3 is 2.94 bits per heavy atom. The fraction of sp³-hybridized carbons (Fsp3) is 0.583. The van der Waals surface area contributed by atoms with Crippen LogP contribution >= 0.6 is 0 Å². The monoisotopic (exact) mass is 251 g/mol. The minimum absolute atomic E-state index is 0.394. The second-order valence-corrected chi connectivity index (χ2v) is 4.07. The summed E-state index contributed by atoms with van der Waals surface area (Å²) in [5, 5.41) is 3.23. The lowest BCUT2D eigenvalue weighted by molar-refractivity contribution is 0.0591. The van der Waals surface area contributed by atoms with Crippen molar-refractivity contribution in [2.75, 3.05) is 27.4 Å². The molecule has 0 saturated carbocycles. The van der Waals surface area contributed by atoms with Gasteiger partial charge in [-0.2, -0.15) is 0 Å². The SMILES string of the molecule is COCCc1nc2c(c(C(=O)OC)n1)CCNC2. The van der Waals surface area contributed by atoms with Crippen LogP contribution in [0.2, 0.25) is 0 Å². The highest BCUT2D eigenvalue weighted by molar-refractivity contribution is 5.89. The van der Waals surface area contributed by atoms with Crippen molar-refractivity contribution in [2.45, 2.75) is 19.4 Å². The molecule has 0 amide bonds. The van der Waals surface area contributed by atoms with Crippen LogP contribution in [0.3, 0.4) is 0 Å². The number of methoxy groups -OCH3 is 2. The van der Waals surface area contributed by atoms with Gasteiger partial charge in [0.25, 0.3) is 0 Å². The molecule has 0 radical (unpaired) electrons. The summed E-state index contributed by atoms with van der Waals surface area (Å²) in [6, 6.07) is 0. The van der Waals surface area contributed by atoms with Gasteiger partial charge in [-0.1, -0.05) is 0 Å². The average molecular weight is 251 g/mol. The topological polar surface area (TPSA) is 73.3 Å². The molecule has 1 aromatic heterocycles. The van der Waals surface area contributed by atoms with Crippen molar-refractivity contribution in [3.8, 4) is 0 Å². The molecule has 0 atom stereocenters. The van der Waals surface area contributed by atoms with Crippen molar-refractivity contribution >= 4 is 5.97 Å². The summed E-state index contributed by atoms with van der Waals surface area (Å²) in [4.78, 5) is 20.5. The van der Waals surface area contributed by atoms with Crippen LogP contribution in [0.15, 0.2) is 0 Å². The van der Waals surface area contributed by atoms with E-state index in [0.717, 1.165) is 24.2 Å². The van der Waals surface area contributed by atoms with Gasteiger partial charge in [-0.05, 0) is 13.0 Å². The number of carbonyl (C=O) groups is 1. The fourth-order valence-corrected chi connectivity index (χ4v) is 1.98. The second-order valence-electron chi connectivity index (χ2n) is 4.07. The second kappa shape index (κ2) is 5.88. The van der Waals surface area contributed by atoms with Crippen molar-refractivity contribution in [1.29, 1.82) is 0 Å². The first-order chi connectivity index (χ1) is 8.76. The highest BCUT2D eigenvalue weighted by atomic mass is 16.5. The molecule has 0 aromatic carbocycles. The molecule has 2 heterocycles. The third kappa shape index (κ3) is 2.65. The molecule has 0 saturated heterocycles. The molecule has 0 aliphatic carbocycles. The number of esters is 1. The van der Waals surface area contributed by atoms with E-state index in [1.807, 2.05) is 0 Å². The first kappa shape index (κ1) is 12.9. The summed E-state index contributed by atoms with van der Waals surface area (Å²) in [6.07, 6.45) is 1.35. The standard InChI is InChI=1S/C12H17N3O3/c1-17-6-4-10-14-9-7-13-5-3-8(9)11(15-10)12(16)18-2/h13H,3-7H2,1-2H3. The van der Waals surface area contributed by atoms with Gasteiger partial charge in [0.1, 0.15) is 5.82 Å². The third-order valence-corrected chi connectivity index (χ3v) is 2.89. The zero-order chi connectivity index (χ0) is 13.0. The Morgan fingerprint density at radius 2 is 2.22 bits per heavy atom. The van der Waals surface area contributed by atoms with E-state index in [4.69, 9.17) is 9.47 Å². The molecule has 0 spiro atoms. The Labute approximate surface area is 106 Å². The maximum Gasteiger partial charge on any atom is 0.357 e. The van der Waals surface area contributed by atoms with E-state index < -0.39 is 5.97 Å². The summed E-state index contributed by atoms with van der Waals surface area (Å²) in [6.45, 7) is 2.03. The van der Waals surface area contributed by atoms with Crippen molar-refractivity contribution in [3.05, 3.63) is 22.8 Å². The molecule has 0 fully saturated rings. The predicted molar refractivity (Wildman–Crippen MR) is 64.4 cm³/mol. The molecule has 18 heavy (non-hydrogen) atoms. The quantitative estimate of drug-likeness (QED) is 0.765. The van der Waals surface area contributed by atoms with Crippen LogP contribution in [-0.4, -0.2) is 43.3 Å². The van der Waals surface area contributed by atoms with Crippen LogP contribution in [0.25, 0.3) is 0 Å². The fourth-order valence-electron chi connectivity index (χ4n) is 1.98. The van der Waals surface area contributed by atoms with Crippen LogP contribution < -0.4 is 5.32 Å². The maximum atomic E-state index is 11.7. The molecule has 98 valence electrons. The molecule has 6 nitrogen and oxygen atoms in total. The third-order valence-electron chi connectivity index (χ3n) is 2.89. The van der Waals surface area contributed by atoms with E-state index in [9.17, 15) is 4.79 Å². The first-order valence-corrected chi connectivity index (χ1v) is 5.93. The summed E-state index contributed by atoms with van der Waals surface area (Å²) in [5.41, 5.74) is 2.19. The molecular formula is C12H17N3O3. The van der Waals surface area contributed by atoms with Gasteiger partial charge in [-0.3, -0.25) is 0 Å². The molecule has 1 aliphatic heterocycles. The Hall–Kier alpha value is -1.53. The Balaban J connectivity index is 2.37. The maximum absolute atomic E-state index is 11.7. The van der Waals surface area contributed by atoms with Crippen LogP contribution in [0, 0.1) is 0 Å². The van der Waals surface area contributed by atoms with Gasteiger partial charge in [0, 0.05) is 25.6 Å². The highest BCUT2D eigenvalue weighted by Gasteiger charge is 2.22. The molecule has 6 heteroatoms. The van der Waals surface area contributed by atoms with Crippen LogP contribution in [0.5, 0.6) is 0 Å². The van der Waals surface area contributed by atoms with E-state index >= 15 is 0 Å². The van der Waals surface area contributed by atoms with Gasteiger partial charge in [0.05, 0.1) is 19.4 Å². The average Bonchev–Trinajstić information content (AvgIpc) is 2.43. The van der Waals surface area contributed by atoms with E-state index in [0.29, 0.717) is 31.1 Å². The molecule has 2 rings (SSSR count). The summed E-state index contributed by atoms with van der Waals surface area (Å²) in [7, 11) is 2.99. The molecule has 1 N–H and O–H groups in total. The molecule has 0 bridgehead atoms. The normalized spacial score (nSPS) is 14.1. The van der Waals surface area contributed by atoms with E-state index in [2.05, 4.69) is 15.3 Å². The number of hydrogen-bond acceptors (Lipinski definition) is 6. The summed E-state index contributed by atoms with van der Waals surface area (Å²) < 4.78 is 9.79. The highest BCUT2D eigenvalue weighted by Crippen LogP contribution is 2.17. The van der Waals surface area contributed by atoms with Gasteiger partial charge < -0.3 is 14.8 Å². The predicted octanol–water partition coefficient (Wildman–Crippen LogP) is 0.0978. The van der Waals surface area contributed by atoms with Crippen molar-refractivity contribution in [1.82, 2.24) is 15.3 Å². The lowest BCUT2D eigenvalue weighted by Gasteiger charge is -2.19. The lowest BCUT2D eigenvalue weighted by Crippen LogP contribution is -2.28. The minimum atomic E-state index is -0.394. The summed E-state index contributed by atoms with van der Waals surface area (Å²) >= 11 is 0. The molecular weight excluding hydrogens is 234 g/mol. The lowest BCUT2D eigenvalue weighted by atomic mass is 10.0. The number of hydrogen-bond donors (Lipinski definition) is 1. The van der Waals surface area contributed by atoms with E-state index in [1.54, 1.807) is 7.11 Å². The van der Waals surface area contributed by atoms with Crippen LogP contribution in [0.1, 0.15) is 27.6 Å². The zero-order valence-corrected chi connectivity index (χ0v) is 10.7. The smallest absolute Gasteiger partial charge is 0.357 e. The minimum Gasteiger partial charge on any atom is -0.464 e.